The van der Waals surface area contributed by atoms with E-state index in [9.17, 15) is 0 Å². The van der Waals surface area contributed by atoms with Crippen LogP contribution in [0.25, 0.3) is 0 Å². The molecule has 2 N–H and O–H groups in total. The maximum absolute atomic E-state index is 5.76. The summed E-state index contributed by atoms with van der Waals surface area (Å²) >= 11 is 1.49. The molecule has 0 aromatic carbocycles. The van der Waals surface area contributed by atoms with Gasteiger partial charge in [0.1, 0.15) is 10.8 Å². The number of nitrogens with two attached hydrogens (primary N) is 1. The zero-order valence-corrected chi connectivity index (χ0v) is 10.0. The normalized spacial score (nSPS) is 22.0. The maximum Gasteiger partial charge on any atom is 0.142 e. The SMILES string of the molecule is COC1CCCN(c2snc(N)c2C)C1. The molecule has 1 aromatic rings. The number of nitrogens with zero attached hydrogens (tertiary/aromatic N) is 2. The Morgan fingerprint density at radius 3 is 3.00 bits per heavy atom. The highest BCUT2D eigenvalue weighted by atomic mass is 32.1. The lowest BCUT2D eigenvalue weighted by atomic mass is 10.1. The summed E-state index contributed by atoms with van der Waals surface area (Å²) in [6, 6.07) is 0. The molecule has 84 valence electrons. The number of hydrogen-bond acceptors (Lipinski definition) is 5. The summed E-state index contributed by atoms with van der Waals surface area (Å²) in [6.45, 7) is 4.08. The van der Waals surface area contributed by atoms with Crippen molar-refractivity contribution in [1.29, 1.82) is 0 Å². The predicted molar refractivity (Wildman–Crippen MR) is 63.5 cm³/mol. The molecule has 4 nitrogen and oxygen atoms in total. The van der Waals surface area contributed by atoms with E-state index >= 15 is 0 Å². The smallest absolute Gasteiger partial charge is 0.142 e. The molecule has 1 unspecified atom stereocenters. The van der Waals surface area contributed by atoms with Gasteiger partial charge in [-0.25, -0.2) is 0 Å². The first kappa shape index (κ1) is 10.7. The van der Waals surface area contributed by atoms with Gasteiger partial charge in [0, 0.05) is 25.8 Å². The van der Waals surface area contributed by atoms with Gasteiger partial charge < -0.3 is 15.4 Å². The Morgan fingerprint density at radius 1 is 1.60 bits per heavy atom. The first-order valence-electron chi connectivity index (χ1n) is 5.22. The van der Waals surface area contributed by atoms with Crippen LogP contribution in [0.4, 0.5) is 10.8 Å². The fourth-order valence-electron chi connectivity index (χ4n) is 1.95. The van der Waals surface area contributed by atoms with Crippen LogP contribution in [0.1, 0.15) is 18.4 Å². The fourth-order valence-corrected chi connectivity index (χ4v) is 2.79. The van der Waals surface area contributed by atoms with Crippen molar-refractivity contribution in [3.63, 3.8) is 0 Å². The maximum atomic E-state index is 5.76. The number of ether oxygens (including phenoxy) is 1. The number of nitrogen functional groups attached to an aromatic ring is 1. The minimum Gasteiger partial charge on any atom is -0.383 e. The van der Waals surface area contributed by atoms with Gasteiger partial charge in [0.2, 0.25) is 0 Å². The molecule has 0 spiro atoms. The van der Waals surface area contributed by atoms with Crippen LogP contribution in [0.2, 0.25) is 0 Å². The second-order valence-electron chi connectivity index (χ2n) is 3.94. The summed E-state index contributed by atoms with van der Waals surface area (Å²) in [5.74, 6) is 0.662. The highest BCUT2D eigenvalue weighted by Gasteiger charge is 2.22. The third kappa shape index (κ3) is 2.08. The molecule has 0 saturated carbocycles. The summed E-state index contributed by atoms with van der Waals surface area (Å²) in [7, 11) is 1.78. The van der Waals surface area contributed by atoms with Crippen LogP contribution in [0.5, 0.6) is 0 Å². The lowest BCUT2D eigenvalue weighted by Gasteiger charge is -2.32. The second-order valence-corrected chi connectivity index (χ2v) is 4.70. The van der Waals surface area contributed by atoms with E-state index in [-0.39, 0.29) is 0 Å². The number of anilines is 2. The van der Waals surface area contributed by atoms with E-state index in [0.717, 1.165) is 25.1 Å². The Hall–Kier alpha value is -0.810. The van der Waals surface area contributed by atoms with Gasteiger partial charge in [0.15, 0.2) is 0 Å². The van der Waals surface area contributed by atoms with Crippen LogP contribution in [-0.2, 0) is 4.74 Å². The van der Waals surface area contributed by atoms with Crippen LogP contribution in [0, 0.1) is 6.92 Å². The molecule has 1 aliphatic rings. The van der Waals surface area contributed by atoms with E-state index < -0.39 is 0 Å². The standard InChI is InChI=1S/C10H17N3OS/c1-7-9(11)12-15-10(7)13-5-3-4-8(6-13)14-2/h8H,3-6H2,1-2H3,(H2,11,12). The highest BCUT2D eigenvalue weighted by Crippen LogP contribution is 2.31. The Morgan fingerprint density at radius 2 is 2.40 bits per heavy atom. The first-order chi connectivity index (χ1) is 7.22. The number of hydrogen-bond donors (Lipinski definition) is 1. The molecule has 1 atom stereocenters. The average molecular weight is 227 g/mol. The van der Waals surface area contributed by atoms with Crippen molar-refractivity contribution >= 4 is 22.4 Å². The van der Waals surface area contributed by atoms with Crippen LogP contribution < -0.4 is 10.6 Å². The molecule has 15 heavy (non-hydrogen) atoms. The third-order valence-electron chi connectivity index (χ3n) is 2.93. The van der Waals surface area contributed by atoms with Crippen LogP contribution in [-0.4, -0.2) is 30.7 Å². The number of piperidine rings is 1. The molecule has 1 aliphatic heterocycles. The lowest BCUT2D eigenvalue weighted by molar-refractivity contribution is 0.0895. The van der Waals surface area contributed by atoms with E-state index in [2.05, 4.69) is 9.27 Å². The Bertz CT molecular complexity index is 339. The van der Waals surface area contributed by atoms with E-state index in [0.29, 0.717) is 11.9 Å². The minimum atomic E-state index is 0.349. The Balaban J connectivity index is 2.13. The molecule has 1 saturated heterocycles. The molecule has 1 aromatic heterocycles. The largest absolute Gasteiger partial charge is 0.383 e. The van der Waals surface area contributed by atoms with Gasteiger partial charge >= 0.3 is 0 Å². The summed E-state index contributed by atoms with van der Waals surface area (Å²) in [6.07, 6.45) is 2.68. The number of rotatable bonds is 2. The van der Waals surface area contributed by atoms with Crippen molar-refractivity contribution in [2.75, 3.05) is 30.8 Å². The zero-order valence-electron chi connectivity index (χ0n) is 9.19. The van der Waals surface area contributed by atoms with Crippen molar-refractivity contribution in [1.82, 2.24) is 4.37 Å². The van der Waals surface area contributed by atoms with Gasteiger partial charge in [-0.3, -0.25) is 0 Å². The van der Waals surface area contributed by atoms with Crippen molar-refractivity contribution < 1.29 is 4.74 Å². The molecule has 0 amide bonds. The third-order valence-corrected chi connectivity index (χ3v) is 3.96. The van der Waals surface area contributed by atoms with Gasteiger partial charge in [-0.1, -0.05) is 0 Å². The molecular weight excluding hydrogens is 210 g/mol. The zero-order chi connectivity index (χ0) is 10.8. The average Bonchev–Trinajstić information content (AvgIpc) is 2.60. The molecule has 0 aliphatic carbocycles. The number of aromatic nitrogens is 1. The number of methoxy groups -OCH3 is 1. The van der Waals surface area contributed by atoms with Gasteiger partial charge in [-0.15, -0.1) is 0 Å². The minimum absolute atomic E-state index is 0.349. The fraction of sp³-hybridized carbons (Fsp3) is 0.700. The molecule has 0 radical (unpaired) electrons. The quantitative estimate of drug-likeness (QED) is 0.834. The van der Waals surface area contributed by atoms with Crippen LogP contribution in [0.3, 0.4) is 0 Å². The van der Waals surface area contributed by atoms with Gasteiger partial charge in [-0.2, -0.15) is 4.37 Å². The summed E-state index contributed by atoms with van der Waals surface area (Å²) in [5.41, 5.74) is 6.86. The van der Waals surface area contributed by atoms with Gasteiger partial charge in [-0.05, 0) is 31.3 Å². The van der Waals surface area contributed by atoms with Crippen LogP contribution >= 0.6 is 11.5 Å². The van der Waals surface area contributed by atoms with Crippen LogP contribution in [0.15, 0.2) is 0 Å². The molecule has 1 fully saturated rings. The van der Waals surface area contributed by atoms with E-state index in [1.54, 1.807) is 7.11 Å². The van der Waals surface area contributed by atoms with Gasteiger partial charge in [0.05, 0.1) is 6.10 Å². The second kappa shape index (κ2) is 4.37. The molecule has 2 heterocycles. The lowest BCUT2D eigenvalue weighted by Crippen LogP contribution is -2.39. The summed E-state index contributed by atoms with van der Waals surface area (Å²) < 4.78 is 9.58. The summed E-state index contributed by atoms with van der Waals surface area (Å²) in [5, 5.41) is 1.20. The predicted octanol–water partition coefficient (Wildman–Crippen LogP) is 1.65. The summed E-state index contributed by atoms with van der Waals surface area (Å²) in [4.78, 5) is 2.33. The van der Waals surface area contributed by atoms with E-state index in [1.165, 1.54) is 23.0 Å². The first-order valence-corrected chi connectivity index (χ1v) is 5.99. The van der Waals surface area contributed by atoms with Crippen molar-refractivity contribution in [2.24, 2.45) is 0 Å². The molecule has 5 heteroatoms. The highest BCUT2D eigenvalue weighted by molar-refractivity contribution is 7.10. The van der Waals surface area contributed by atoms with Crippen molar-refractivity contribution in [2.45, 2.75) is 25.9 Å². The Labute approximate surface area is 94.2 Å². The molecular formula is C10H17N3OS. The Kier molecular flexibility index (Phi) is 3.11. The topological polar surface area (TPSA) is 51.4 Å². The van der Waals surface area contributed by atoms with Gasteiger partial charge in [0.25, 0.3) is 0 Å². The van der Waals surface area contributed by atoms with E-state index in [1.807, 2.05) is 6.92 Å². The van der Waals surface area contributed by atoms with E-state index in [4.69, 9.17) is 10.5 Å². The van der Waals surface area contributed by atoms with Crippen molar-refractivity contribution in [3.05, 3.63) is 5.56 Å². The molecule has 2 rings (SSSR count). The molecule has 0 bridgehead atoms. The van der Waals surface area contributed by atoms with Crippen molar-refractivity contribution in [3.8, 4) is 0 Å². The monoisotopic (exact) mass is 227 g/mol.